The third kappa shape index (κ3) is 3.80. The number of carbonyl (C=O) groups is 1. The third-order valence-electron chi connectivity index (χ3n) is 4.45. The van der Waals surface area contributed by atoms with Crippen LogP contribution < -0.4 is 5.73 Å². The van der Waals surface area contributed by atoms with Crippen molar-refractivity contribution >= 4 is 17.2 Å². The average Bonchev–Trinajstić information content (AvgIpc) is 3.10. The number of pyridine rings is 1. The van der Waals surface area contributed by atoms with Crippen molar-refractivity contribution in [1.82, 2.24) is 19.8 Å². The van der Waals surface area contributed by atoms with Crippen molar-refractivity contribution in [2.75, 3.05) is 32.7 Å². The highest BCUT2D eigenvalue weighted by atomic mass is 32.1. The van der Waals surface area contributed by atoms with Gasteiger partial charge < -0.3 is 10.6 Å². The summed E-state index contributed by atoms with van der Waals surface area (Å²) in [5.41, 5.74) is 7.31. The maximum atomic E-state index is 12.6. The van der Waals surface area contributed by atoms with Gasteiger partial charge in [0.1, 0.15) is 5.69 Å². The van der Waals surface area contributed by atoms with Crippen molar-refractivity contribution in [3.05, 3.63) is 46.2 Å². The summed E-state index contributed by atoms with van der Waals surface area (Å²) in [5.74, 6) is 0.0307. The lowest BCUT2D eigenvalue weighted by Crippen LogP contribution is -2.49. The summed E-state index contributed by atoms with van der Waals surface area (Å²) < 4.78 is 0. The quantitative estimate of drug-likeness (QED) is 0.890. The fourth-order valence-electron chi connectivity index (χ4n) is 2.96. The van der Waals surface area contributed by atoms with Crippen molar-refractivity contribution in [2.24, 2.45) is 5.73 Å². The average molecular weight is 345 g/mol. The molecule has 1 fully saturated rings. The highest BCUT2D eigenvalue weighted by Crippen LogP contribution is 2.21. The summed E-state index contributed by atoms with van der Waals surface area (Å²) in [6, 6.07) is 4.38. The lowest BCUT2D eigenvalue weighted by atomic mass is 10.1. The summed E-state index contributed by atoms with van der Waals surface area (Å²) in [6.45, 7) is 5.93. The van der Waals surface area contributed by atoms with Crippen LogP contribution in [0.1, 0.15) is 34.0 Å². The molecule has 0 spiro atoms. The molecule has 1 unspecified atom stereocenters. The number of hydrogen-bond donors (Lipinski definition) is 1. The molecule has 1 aliphatic heterocycles. The monoisotopic (exact) mass is 345 g/mol. The van der Waals surface area contributed by atoms with Crippen molar-refractivity contribution in [3.8, 4) is 0 Å². The van der Waals surface area contributed by atoms with Gasteiger partial charge in [-0.25, -0.2) is 4.98 Å². The molecular weight excluding hydrogens is 322 g/mol. The zero-order valence-electron chi connectivity index (χ0n) is 13.9. The molecule has 0 saturated carbocycles. The van der Waals surface area contributed by atoms with Crippen LogP contribution in [0.25, 0.3) is 0 Å². The van der Waals surface area contributed by atoms with E-state index in [4.69, 9.17) is 5.73 Å². The molecule has 0 aromatic carbocycles. The lowest BCUT2D eigenvalue weighted by molar-refractivity contribution is 0.0577. The smallest absolute Gasteiger partial charge is 0.273 e. The van der Waals surface area contributed by atoms with Gasteiger partial charge in [0.2, 0.25) is 0 Å². The molecule has 2 aromatic rings. The Bertz CT molecular complexity index is 667. The van der Waals surface area contributed by atoms with Crippen LogP contribution in [0.2, 0.25) is 0 Å². The fraction of sp³-hybridized carbons (Fsp3) is 0.471. The van der Waals surface area contributed by atoms with E-state index in [1.165, 1.54) is 16.9 Å². The van der Waals surface area contributed by atoms with E-state index < -0.39 is 0 Å². The van der Waals surface area contributed by atoms with Gasteiger partial charge in [-0.1, -0.05) is 6.07 Å². The molecule has 7 heteroatoms. The summed E-state index contributed by atoms with van der Waals surface area (Å²) >= 11 is 1.51. The van der Waals surface area contributed by atoms with Gasteiger partial charge in [0.25, 0.3) is 5.91 Å². The van der Waals surface area contributed by atoms with Gasteiger partial charge in [0, 0.05) is 56.4 Å². The van der Waals surface area contributed by atoms with E-state index in [0.29, 0.717) is 18.3 Å². The Balaban J connectivity index is 1.57. The predicted molar refractivity (Wildman–Crippen MR) is 95.0 cm³/mol. The third-order valence-corrected chi connectivity index (χ3v) is 5.35. The van der Waals surface area contributed by atoms with E-state index >= 15 is 0 Å². The maximum absolute atomic E-state index is 12.6. The number of rotatable bonds is 5. The van der Waals surface area contributed by atoms with Crippen molar-refractivity contribution < 1.29 is 4.79 Å². The molecule has 0 aliphatic carbocycles. The summed E-state index contributed by atoms with van der Waals surface area (Å²) in [6.07, 6.45) is 4.43. The van der Waals surface area contributed by atoms with E-state index in [1.807, 2.05) is 22.5 Å². The number of thiazole rings is 1. The largest absolute Gasteiger partial charge is 0.335 e. The summed E-state index contributed by atoms with van der Waals surface area (Å²) in [5, 5.41) is 2.78. The molecule has 0 bridgehead atoms. The Morgan fingerprint density at radius 1 is 1.38 bits per heavy atom. The molecule has 1 aliphatic rings. The van der Waals surface area contributed by atoms with Gasteiger partial charge in [0.15, 0.2) is 0 Å². The Hall–Kier alpha value is -1.83. The molecule has 1 atom stereocenters. The first-order valence-corrected chi connectivity index (χ1v) is 9.14. The van der Waals surface area contributed by atoms with Crippen molar-refractivity contribution in [2.45, 2.75) is 19.4 Å². The Labute approximate surface area is 146 Å². The van der Waals surface area contributed by atoms with Crippen LogP contribution in [0.3, 0.4) is 0 Å². The topological polar surface area (TPSA) is 75.4 Å². The number of aromatic nitrogens is 2. The number of carbonyl (C=O) groups excluding carboxylic acids is 1. The van der Waals surface area contributed by atoms with Gasteiger partial charge >= 0.3 is 0 Å². The molecule has 3 heterocycles. The minimum atomic E-state index is 0.0307. The van der Waals surface area contributed by atoms with Crippen molar-refractivity contribution in [3.63, 3.8) is 0 Å². The van der Waals surface area contributed by atoms with Crippen LogP contribution in [-0.2, 0) is 6.42 Å². The number of amides is 1. The van der Waals surface area contributed by atoms with Crippen LogP contribution >= 0.6 is 11.3 Å². The maximum Gasteiger partial charge on any atom is 0.273 e. The zero-order chi connectivity index (χ0) is 16.9. The van der Waals surface area contributed by atoms with Gasteiger partial charge in [-0.15, -0.1) is 11.3 Å². The first-order chi connectivity index (χ1) is 11.7. The van der Waals surface area contributed by atoms with Crippen LogP contribution in [0, 0.1) is 0 Å². The number of piperazine rings is 1. The van der Waals surface area contributed by atoms with Gasteiger partial charge in [-0.2, -0.15) is 0 Å². The Morgan fingerprint density at radius 2 is 2.17 bits per heavy atom. The van der Waals surface area contributed by atoms with E-state index in [-0.39, 0.29) is 5.91 Å². The minimum Gasteiger partial charge on any atom is -0.335 e. The molecule has 2 N–H and O–H groups in total. The van der Waals surface area contributed by atoms with Crippen LogP contribution in [-0.4, -0.2) is 58.4 Å². The standard InChI is InChI=1S/C17H23N5OS/c1-13(14-3-2-6-19-11-14)21-7-9-22(10-8-21)17(23)15-12-24-16(20-15)4-5-18/h2-3,6,11-13H,4-5,7-10,18H2,1H3. The summed E-state index contributed by atoms with van der Waals surface area (Å²) in [4.78, 5) is 25.5. The molecule has 0 radical (unpaired) electrons. The molecule has 1 amide bonds. The SMILES string of the molecule is CC(c1cccnc1)N1CCN(C(=O)c2csc(CCN)n2)CC1. The van der Waals surface area contributed by atoms with Crippen LogP contribution in [0.15, 0.2) is 29.9 Å². The minimum absolute atomic E-state index is 0.0307. The molecular formula is C17H23N5OS. The first kappa shape index (κ1) is 17.0. The molecule has 6 nitrogen and oxygen atoms in total. The summed E-state index contributed by atoms with van der Waals surface area (Å²) in [7, 11) is 0. The highest BCUT2D eigenvalue weighted by molar-refractivity contribution is 7.09. The molecule has 2 aromatic heterocycles. The van der Waals surface area contributed by atoms with Crippen molar-refractivity contribution in [1.29, 1.82) is 0 Å². The Morgan fingerprint density at radius 3 is 2.83 bits per heavy atom. The molecule has 24 heavy (non-hydrogen) atoms. The first-order valence-electron chi connectivity index (χ1n) is 8.26. The van der Waals surface area contributed by atoms with Gasteiger partial charge in [-0.3, -0.25) is 14.7 Å². The molecule has 1 saturated heterocycles. The second kappa shape index (κ2) is 7.83. The molecule has 128 valence electrons. The second-order valence-electron chi connectivity index (χ2n) is 5.96. The number of hydrogen-bond acceptors (Lipinski definition) is 6. The zero-order valence-corrected chi connectivity index (χ0v) is 14.7. The van der Waals surface area contributed by atoms with Crippen LogP contribution in [0.5, 0.6) is 0 Å². The van der Waals surface area contributed by atoms with Crippen LogP contribution in [0.4, 0.5) is 0 Å². The van der Waals surface area contributed by atoms with E-state index in [2.05, 4.69) is 27.9 Å². The van der Waals surface area contributed by atoms with Gasteiger partial charge in [-0.05, 0) is 25.1 Å². The Kier molecular flexibility index (Phi) is 5.55. The predicted octanol–water partition coefficient (Wildman–Crippen LogP) is 1.56. The number of nitrogens with zero attached hydrogens (tertiary/aromatic N) is 4. The van der Waals surface area contributed by atoms with E-state index in [0.717, 1.165) is 37.6 Å². The highest BCUT2D eigenvalue weighted by Gasteiger charge is 2.26. The second-order valence-corrected chi connectivity index (χ2v) is 6.90. The van der Waals surface area contributed by atoms with Gasteiger partial charge in [0.05, 0.1) is 5.01 Å². The lowest BCUT2D eigenvalue weighted by Gasteiger charge is -2.37. The van der Waals surface area contributed by atoms with E-state index in [9.17, 15) is 4.79 Å². The fourth-order valence-corrected chi connectivity index (χ4v) is 3.74. The molecule has 3 rings (SSSR count). The van der Waals surface area contributed by atoms with E-state index in [1.54, 1.807) is 6.20 Å². The number of nitrogens with two attached hydrogens (primary N) is 1. The normalized spacial score (nSPS) is 17.0.